The molecule has 4 nitrogen and oxygen atoms in total. The van der Waals surface area contributed by atoms with Gasteiger partial charge in [0.05, 0.1) is 18.9 Å². The number of para-hydroxylation sites is 1. The van der Waals surface area contributed by atoms with Crippen molar-refractivity contribution < 1.29 is 9.53 Å². The minimum absolute atomic E-state index is 0.309. The molecule has 0 aliphatic carbocycles. The molecule has 1 N–H and O–H groups in total. The van der Waals surface area contributed by atoms with Gasteiger partial charge >= 0.3 is 0 Å². The number of hydrogen-bond acceptors (Lipinski definition) is 3. The molecular formula is C15H13BrN2O2. The summed E-state index contributed by atoms with van der Waals surface area (Å²) >= 11 is 3.36. The van der Waals surface area contributed by atoms with Crippen LogP contribution in [0.3, 0.4) is 0 Å². The fourth-order valence-electron chi connectivity index (χ4n) is 1.61. The van der Waals surface area contributed by atoms with Crippen LogP contribution in [0.4, 0.5) is 0 Å². The molecule has 0 heterocycles. The second-order valence-corrected chi connectivity index (χ2v) is 4.87. The Labute approximate surface area is 125 Å². The molecule has 0 fully saturated rings. The minimum Gasteiger partial charge on any atom is -0.496 e. The van der Waals surface area contributed by atoms with Gasteiger partial charge in [0.25, 0.3) is 5.91 Å². The smallest absolute Gasteiger partial charge is 0.275 e. The first-order valence-electron chi connectivity index (χ1n) is 5.92. The molecule has 2 aromatic carbocycles. The summed E-state index contributed by atoms with van der Waals surface area (Å²) < 4.78 is 6.12. The van der Waals surface area contributed by atoms with Gasteiger partial charge in [-0.25, -0.2) is 5.43 Å². The van der Waals surface area contributed by atoms with E-state index in [2.05, 4.69) is 26.5 Å². The number of carbonyl (C=O) groups excluding carboxylic acids is 1. The maximum absolute atomic E-state index is 12.0. The van der Waals surface area contributed by atoms with E-state index in [9.17, 15) is 4.79 Å². The Hall–Kier alpha value is -2.14. The van der Waals surface area contributed by atoms with Crippen LogP contribution >= 0.6 is 15.9 Å². The molecule has 0 saturated carbocycles. The molecule has 0 saturated heterocycles. The lowest BCUT2D eigenvalue weighted by Gasteiger charge is -2.05. The highest BCUT2D eigenvalue weighted by Gasteiger charge is 2.09. The van der Waals surface area contributed by atoms with E-state index in [1.165, 1.54) is 7.11 Å². The van der Waals surface area contributed by atoms with E-state index in [4.69, 9.17) is 4.74 Å². The molecular weight excluding hydrogens is 320 g/mol. The number of hydrazone groups is 1. The van der Waals surface area contributed by atoms with Gasteiger partial charge in [-0.05, 0) is 29.8 Å². The predicted molar refractivity (Wildman–Crippen MR) is 82.2 cm³/mol. The topological polar surface area (TPSA) is 50.7 Å². The number of amides is 1. The lowest BCUT2D eigenvalue weighted by atomic mass is 10.2. The lowest BCUT2D eigenvalue weighted by molar-refractivity contribution is 0.0952. The quantitative estimate of drug-likeness (QED) is 0.690. The van der Waals surface area contributed by atoms with Crippen LogP contribution in [-0.2, 0) is 0 Å². The van der Waals surface area contributed by atoms with Crippen LogP contribution in [0.1, 0.15) is 15.9 Å². The second kappa shape index (κ2) is 6.86. The number of rotatable bonds is 4. The third kappa shape index (κ3) is 3.68. The predicted octanol–water partition coefficient (Wildman–Crippen LogP) is 3.22. The highest BCUT2D eigenvalue weighted by Crippen LogP contribution is 2.16. The SMILES string of the molecule is COc1ccccc1C(=O)NN=Cc1ccc(Br)cc1. The van der Waals surface area contributed by atoms with Crippen molar-refractivity contribution in [3.8, 4) is 5.75 Å². The van der Waals surface area contributed by atoms with Crippen molar-refractivity contribution in [1.82, 2.24) is 5.43 Å². The van der Waals surface area contributed by atoms with Crippen LogP contribution in [0, 0.1) is 0 Å². The highest BCUT2D eigenvalue weighted by atomic mass is 79.9. The van der Waals surface area contributed by atoms with Gasteiger partial charge in [-0.15, -0.1) is 0 Å². The standard InChI is InChI=1S/C15H13BrN2O2/c1-20-14-5-3-2-4-13(14)15(19)18-17-10-11-6-8-12(16)9-7-11/h2-10H,1H3,(H,18,19). The van der Waals surface area contributed by atoms with Crippen LogP contribution in [0.15, 0.2) is 58.1 Å². The van der Waals surface area contributed by atoms with Crippen molar-refractivity contribution in [2.24, 2.45) is 5.10 Å². The van der Waals surface area contributed by atoms with Crippen molar-refractivity contribution in [2.75, 3.05) is 7.11 Å². The van der Waals surface area contributed by atoms with Gasteiger partial charge in [0, 0.05) is 4.47 Å². The summed E-state index contributed by atoms with van der Waals surface area (Å²) in [6, 6.07) is 14.6. The highest BCUT2D eigenvalue weighted by molar-refractivity contribution is 9.10. The fourth-order valence-corrected chi connectivity index (χ4v) is 1.87. The zero-order valence-corrected chi connectivity index (χ0v) is 12.4. The van der Waals surface area contributed by atoms with Crippen molar-refractivity contribution in [2.45, 2.75) is 0 Å². The molecule has 0 aliphatic heterocycles. The van der Waals surface area contributed by atoms with Gasteiger partial charge in [-0.1, -0.05) is 40.2 Å². The van der Waals surface area contributed by atoms with Crippen LogP contribution < -0.4 is 10.2 Å². The van der Waals surface area contributed by atoms with Crippen molar-refractivity contribution >= 4 is 28.1 Å². The monoisotopic (exact) mass is 332 g/mol. The van der Waals surface area contributed by atoms with Gasteiger partial charge in [-0.3, -0.25) is 4.79 Å². The van der Waals surface area contributed by atoms with Crippen LogP contribution in [0.2, 0.25) is 0 Å². The molecule has 5 heteroatoms. The minimum atomic E-state index is -0.309. The number of nitrogens with one attached hydrogen (secondary N) is 1. The fraction of sp³-hybridized carbons (Fsp3) is 0.0667. The molecule has 0 radical (unpaired) electrons. The van der Waals surface area contributed by atoms with Crippen molar-refractivity contribution in [1.29, 1.82) is 0 Å². The van der Waals surface area contributed by atoms with E-state index in [1.54, 1.807) is 30.5 Å². The molecule has 102 valence electrons. The average Bonchev–Trinajstić information content (AvgIpc) is 2.49. The molecule has 0 atom stereocenters. The normalized spacial score (nSPS) is 10.5. The van der Waals surface area contributed by atoms with Gasteiger partial charge in [0.2, 0.25) is 0 Å². The summed E-state index contributed by atoms with van der Waals surface area (Å²) in [5.41, 5.74) is 3.82. The van der Waals surface area contributed by atoms with Gasteiger partial charge in [0.15, 0.2) is 0 Å². The summed E-state index contributed by atoms with van der Waals surface area (Å²) in [4.78, 5) is 12.0. The zero-order chi connectivity index (χ0) is 14.4. The number of halogens is 1. The largest absolute Gasteiger partial charge is 0.496 e. The van der Waals surface area contributed by atoms with E-state index >= 15 is 0 Å². The maximum atomic E-state index is 12.0. The van der Waals surface area contributed by atoms with Crippen molar-refractivity contribution in [3.63, 3.8) is 0 Å². The molecule has 20 heavy (non-hydrogen) atoms. The van der Waals surface area contributed by atoms with Crippen LogP contribution in [0.25, 0.3) is 0 Å². The summed E-state index contributed by atoms with van der Waals surface area (Å²) in [7, 11) is 1.53. The van der Waals surface area contributed by atoms with Gasteiger partial charge in [-0.2, -0.15) is 5.10 Å². The first-order valence-corrected chi connectivity index (χ1v) is 6.72. The Kier molecular flexibility index (Phi) is 4.90. The van der Waals surface area contributed by atoms with Gasteiger partial charge < -0.3 is 4.74 Å². The lowest BCUT2D eigenvalue weighted by Crippen LogP contribution is -2.18. The first-order chi connectivity index (χ1) is 9.70. The summed E-state index contributed by atoms with van der Waals surface area (Å²) in [5.74, 6) is 0.208. The molecule has 0 aliphatic rings. The zero-order valence-electron chi connectivity index (χ0n) is 10.8. The van der Waals surface area contributed by atoms with Crippen LogP contribution in [-0.4, -0.2) is 19.2 Å². The van der Waals surface area contributed by atoms with Gasteiger partial charge in [0.1, 0.15) is 5.75 Å². The third-order valence-corrected chi connectivity index (χ3v) is 3.13. The average molecular weight is 333 g/mol. The number of ether oxygens (including phenoxy) is 1. The number of carbonyl (C=O) groups is 1. The molecule has 2 aromatic rings. The molecule has 0 spiro atoms. The molecule has 0 aromatic heterocycles. The summed E-state index contributed by atoms with van der Waals surface area (Å²) in [6.07, 6.45) is 1.58. The Morgan fingerprint density at radius 2 is 1.90 bits per heavy atom. The number of methoxy groups -OCH3 is 1. The Balaban J connectivity index is 2.03. The Morgan fingerprint density at radius 1 is 1.20 bits per heavy atom. The Morgan fingerprint density at radius 3 is 2.60 bits per heavy atom. The summed E-state index contributed by atoms with van der Waals surface area (Å²) in [6.45, 7) is 0. The first kappa shape index (κ1) is 14.3. The number of hydrogen-bond donors (Lipinski definition) is 1. The molecule has 1 amide bonds. The number of nitrogens with zero attached hydrogens (tertiary/aromatic N) is 1. The van der Waals surface area contributed by atoms with E-state index in [0.717, 1.165) is 10.0 Å². The molecule has 0 bridgehead atoms. The summed E-state index contributed by atoms with van der Waals surface area (Å²) in [5, 5.41) is 3.93. The van der Waals surface area contributed by atoms with Crippen LogP contribution in [0.5, 0.6) is 5.75 Å². The van der Waals surface area contributed by atoms with E-state index in [0.29, 0.717) is 11.3 Å². The number of benzene rings is 2. The second-order valence-electron chi connectivity index (χ2n) is 3.95. The third-order valence-electron chi connectivity index (χ3n) is 2.60. The van der Waals surface area contributed by atoms with E-state index in [1.807, 2.05) is 24.3 Å². The Bertz CT molecular complexity index is 624. The maximum Gasteiger partial charge on any atom is 0.275 e. The van der Waals surface area contributed by atoms with E-state index in [-0.39, 0.29) is 5.91 Å². The molecule has 2 rings (SSSR count). The van der Waals surface area contributed by atoms with Crippen molar-refractivity contribution in [3.05, 3.63) is 64.1 Å². The van der Waals surface area contributed by atoms with E-state index < -0.39 is 0 Å². The molecule has 0 unspecified atom stereocenters.